The van der Waals surface area contributed by atoms with Crippen molar-refractivity contribution in [1.29, 1.82) is 0 Å². The van der Waals surface area contributed by atoms with Crippen molar-refractivity contribution in [3.8, 4) is 35.2 Å². The molecule has 2 N–H and O–H groups in total. The molecule has 5 heterocycles. The molecule has 4 aromatic rings. The van der Waals surface area contributed by atoms with E-state index < -0.39 is 11.6 Å². The third kappa shape index (κ3) is 5.21. The van der Waals surface area contributed by atoms with E-state index in [4.69, 9.17) is 21.1 Å². The molecule has 7 nitrogen and oxygen atoms in total. The number of nitrogens with zero attached hydrogens (tertiary/aromatic N) is 4. The maximum Gasteiger partial charge on any atom is 0.319 e. The van der Waals surface area contributed by atoms with Gasteiger partial charge in [-0.1, -0.05) is 32.3 Å². The van der Waals surface area contributed by atoms with Crippen LogP contribution in [0.4, 0.5) is 14.6 Å². The van der Waals surface area contributed by atoms with Gasteiger partial charge >= 0.3 is 6.01 Å². The van der Waals surface area contributed by atoms with E-state index >= 15 is 8.78 Å². The van der Waals surface area contributed by atoms with E-state index in [-0.39, 0.29) is 39.7 Å². The molecule has 49 heavy (non-hydrogen) atoms. The largest absolute Gasteiger partial charge is 0.508 e. The first kappa shape index (κ1) is 31.0. The number of hydrogen-bond acceptors (Lipinski definition) is 7. The summed E-state index contributed by atoms with van der Waals surface area (Å²) in [4.78, 5) is 14.8. The number of phenols is 1. The summed E-state index contributed by atoms with van der Waals surface area (Å²) in [6, 6.07) is 10.1. The monoisotopic (exact) mass is 663 g/mol. The summed E-state index contributed by atoms with van der Waals surface area (Å²) in [5.74, 6) is 1.86. The van der Waals surface area contributed by atoms with Crippen LogP contribution in [0.25, 0.3) is 32.8 Å². The van der Waals surface area contributed by atoms with Gasteiger partial charge in [0.2, 0.25) is 0 Å². The molecule has 4 bridgehead atoms. The van der Waals surface area contributed by atoms with Crippen LogP contribution in [0, 0.1) is 29.4 Å². The molecule has 5 aliphatic rings. The Morgan fingerprint density at radius 1 is 1.06 bits per heavy atom. The van der Waals surface area contributed by atoms with Gasteiger partial charge in [0.15, 0.2) is 5.82 Å². The van der Waals surface area contributed by atoms with Gasteiger partial charge in [-0.05, 0) is 91.6 Å². The van der Waals surface area contributed by atoms with Crippen molar-refractivity contribution < 1.29 is 18.6 Å². The van der Waals surface area contributed by atoms with Gasteiger partial charge in [0.1, 0.15) is 22.9 Å². The van der Waals surface area contributed by atoms with Crippen LogP contribution in [0.5, 0.6) is 11.8 Å². The number of ether oxygens (including phenoxy) is 1. The molecule has 0 amide bonds. The van der Waals surface area contributed by atoms with E-state index in [1.807, 2.05) is 19.9 Å². The fourth-order valence-electron chi connectivity index (χ4n) is 9.27. The molecule has 1 aliphatic carbocycles. The highest BCUT2D eigenvalue weighted by atomic mass is 19.1. The Morgan fingerprint density at radius 2 is 1.82 bits per heavy atom. The van der Waals surface area contributed by atoms with Gasteiger partial charge in [0, 0.05) is 65.6 Å². The van der Waals surface area contributed by atoms with E-state index in [0.29, 0.717) is 63.9 Å². The zero-order valence-corrected chi connectivity index (χ0v) is 28.2. The molecule has 0 radical (unpaired) electrons. The van der Waals surface area contributed by atoms with Crippen LogP contribution in [0.3, 0.4) is 0 Å². The molecule has 0 spiro atoms. The lowest BCUT2D eigenvalue weighted by Gasteiger charge is -2.54. The van der Waals surface area contributed by atoms with Gasteiger partial charge in [0.25, 0.3) is 0 Å². The lowest BCUT2D eigenvalue weighted by molar-refractivity contribution is -0.0465. The van der Waals surface area contributed by atoms with E-state index in [2.05, 4.69) is 21.0 Å². The van der Waals surface area contributed by atoms with Crippen LogP contribution in [0.2, 0.25) is 0 Å². The molecule has 3 aromatic carbocycles. The Labute approximate surface area is 286 Å². The molecule has 4 atom stereocenters. The van der Waals surface area contributed by atoms with E-state index in [1.165, 1.54) is 43.9 Å². The van der Waals surface area contributed by atoms with Gasteiger partial charge in [-0.15, -0.1) is 6.42 Å². The van der Waals surface area contributed by atoms with Crippen molar-refractivity contribution in [2.24, 2.45) is 5.41 Å². The second kappa shape index (κ2) is 11.5. The Bertz CT molecular complexity index is 2010. The van der Waals surface area contributed by atoms with Gasteiger partial charge in [-0.3, -0.25) is 4.90 Å². The summed E-state index contributed by atoms with van der Waals surface area (Å²) in [6.07, 6.45) is 15.5. The van der Waals surface area contributed by atoms with Gasteiger partial charge in [-0.2, -0.15) is 9.97 Å². The fourth-order valence-corrected chi connectivity index (χ4v) is 9.27. The molecule has 4 unspecified atom stereocenters. The van der Waals surface area contributed by atoms with E-state index in [9.17, 15) is 5.11 Å². The van der Waals surface area contributed by atoms with Crippen molar-refractivity contribution in [2.75, 3.05) is 31.1 Å². The van der Waals surface area contributed by atoms with Crippen LogP contribution < -0.4 is 15.0 Å². The lowest BCUT2D eigenvalue weighted by Crippen LogP contribution is -2.60. The third-order valence-corrected chi connectivity index (χ3v) is 12.1. The maximum atomic E-state index is 17.5. The Kier molecular flexibility index (Phi) is 7.30. The number of anilines is 1. The maximum absolute atomic E-state index is 17.5. The molecule has 1 saturated carbocycles. The van der Waals surface area contributed by atoms with Crippen molar-refractivity contribution in [2.45, 2.75) is 95.3 Å². The van der Waals surface area contributed by atoms with Gasteiger partial charge < -0.3 is 20.1 Å². The highest BCUT2D eigenvalue weighted by molar-refractivity contribution is 6.05. The first-order valence-corrected chi connectivity index (χ1v) is 18.1. The van der Waals surface area contributed by atoms with E-state index in [0.717, 1.165) is 45.3 Å². The molecule has 9 heteroatoms. The molecule has 1 aromatic heterocycles. The average Bonchev–Trinajstić information content (AvgIpc) is 3.80. The molecule has 5 fully saturated rings. The molecular weight excluding hydrogens is 620 g/mol. The van der Waals surface area contributed by atoms with Crippen molar-refractivity contribution in [1.82, 2.24) is 20.2 Å². The Morgan fingerprint density at radius 3 is 2.49 bits per heavy atom. The van der Waals surface area contributed by atoms with Gasteiger partial charge in [0.05, 0.1) is 12.2 Å². The zero-order valence-electron chi connectivity index (χ0n) is 28.2. The summed E-state index contributed by atoms with van der Waals surface area (Å²) in [5.41, 5.74) is 1.57. The fraction of sp³-hybridized carbons (Fsp3) is 0.500. The lowest BCUT2D eigenvalue weighted by atomic mass is 9.79. The number of aromatic hydroxyl groups is 1. The molecule has 9 rings (SSSR count). The van der Waals surface area contributed by atoms with E-state index in [1.54, 1.807) is 6.07 Å². The topological polar surface area (TPSA) is 73.8 Å². The van der Waals surface area contributed by atoms with Crippen LogP contribution in [-0.4, -0.2) is 70.4 Å². The number of piperidine rings is 1. The Hall–Kier alpha value is -4.00. The summed E-state index contributed by atoms with van der Waals surface area (Å²) in [7, 11) is 0. The number of halogens is 2. The van der Waals surface area contributed by atoms with Crippen molar-refractivity contribution in [3.63, 3.8) is 0 Å². The number of nitrogens with one attached hydrogen (secondary N) is 1. The molecule has 254 valence electrons. The van der Waals surface area contributed by atoms with Crippen molar-refractivity contribution >= 4 is 27.5 Å². The van der Waals surface area contributed by atoms with Crippen LogP contribution >= 0.6 is 0 Å². The molecule has 4 saturated heterocycles. The average molecular weight is 664 g/mol. The second-order valence-corrected chi connectivity index (χ2v) is 15.7. The van der Waals surface area contributed by atoms with Gasteiger partial charge in [-0.25, -0.2) is 8.78 Å². The minimum Gasteiger partial charge on any atom is -0.508 e. The standard InChI is InChI=1S/C40H43F2N5O2/c1-4-29-33(41)11-8-23-14-28(48)16-31(34(23)29)35-30(22(2)3)17-32-37(36(35)42)44-39(45-38(32)46-18-24-9-10-25(19-46)43-24)49-21-40(12-13-40)20-47-26-6-5-7-27(47)15-26/h1,8,11,14,16-17,22,24-27,43,48H,5-7,9-10,12-13,15,18-21H2,2-3H3. The number of fused-ring (bicyclic) bond motifs is 6. The van der Waals surface area contributed by atoms with Crippen LogP contribution in [-0.2, 0) is 0 Å². The third-order valence-electron chi connectivity index (χ3n) is 12.1. The predicted molar refractivity (Wildman–Crippen MR) is 188 cm³/mol. The smallest absolute Gasteiger partial charge is 0.319 e. The van der Waals surface area contributed by atoms with Crippen molar-refractivity contribution in [3.05, 3.63) is 53.1 Å². The zero-order chi connectivity index (χ0) is 33.6. The summed E-state index contributed by atoms with van der Waals surface area (Å²) >= 11 is 0. The predicted octanol–water partition coefficient (Wildman–Crippen LogP) is 7.26. The number of benzene rings is 3. The Balaban J connectivity index is 1.18. The number of piperazine rings is 1. The SMILES string of the molecule is C#Cc1c(F)ccc2cc(O)cc(-c3c(C(C)C)cc4c(N5CC6CCC(C5)N6)nc(OCC5(CN6C7CCCC6C7)CC5)nc4c3F)c12. The summed E-state index contributed by atoms with van der Waals surface area (Å²) in [5, 5.41) is 16.0. The highest BCUT2D eigenvalue weighted by Crippen LogP contribution is 2.51. The summed E-state index contributed by atoms with van der Waals surface area (Å²) in [6.45, 7) is 7.09. The first-order chi connectivity index (χ1) is 23.7. The highest BCUT2D eigenvalue weighted by Gasteiger charge is 2.51. The summed E-state index contributed by atoms with van der Waals surface area (Å²) < 4.78 is 39.1. The first-order valence-electron chi connectivity index (χ1n) is 18.1. The normalized spacial score (nSPS) is 25.5. The number of terminal acetylenes is 1. The number of hydrogen-bond donors (Lipinski definition) is 2. The number of aromatic nitrogens is 2. The quantitative estimate of drug-likeness (QED) is 0.192. The number of phenolic OH excluding ortho intramolecular Hbond substituents is 1. The number of rotatable bonds is 8. The molecular formula is C40H43F2N5O2. The van der Waals surface area contributed by atoms with Crippen LogP contribution in [0.15, 0.2) is 30.3 Å². The van der Waals surface area contributed by atoms with Crippen LogP contribution in [0.1, 0.15) is 82.3 Å². The molecule has 4 aliphatic heterocycles. The minimum atomic E-state index is -0.571. The minimum absolute atomic E-state index is 0.0338. The second-order valence-electron chi connectivity index (χ2n) is 15.7.